The second-order valence-corrected chi connectivity index (χ2v) is 4.06. The third-order valence-electron chi connectivity index (χ3n) is 2.40. The summed E-state index contributed by atoms with van der Waals surface area (Å²) in [5.74, 6) is 0. The molecule has 2 rings (SSSR count). The highest BCUT2D eigenvalue weighted by Crippen LogP contribution is 2.24. The fraction of sp³-hybridized carbons (Fsp3) is 0.444. The van der Waals surface area contributed by atoms with Gasteiger partial charge in [0.15, 0.2) is 0 Å². The Balaban J connectivity index is 2.29. The van der Waals surface area contributed by atoms with Crippen LogP contribution in [0.15, 0.2) is 0 Å². The molecule has 0 N–H and O–H groups in total. The van der Waals surface area contributed by atoms with Crippen LogP contribution in [-0.4, -0.2) is 34.2 Å². The lowest BCUT2D eigenvalue weighted by molar-refractivity contribution is -0.109. The Kier molecular flexibility index (Phi) is 3.19. The van der Waals surface area contributed by atoms with Gasteiger partial charge in [0.25, 0.3) is 0 Å². The van der Waals surface area contributed by atoms with Crippen LogP contribution in [-0.2, 0) is 17.8 Å². The molecule has 6 heteroatoms. The molecule has 0 fully saturated rings. The van der Waals surface area contributed by atoms with Crippen molar-refractivity contribution < 1.29 is 4.79 Å². The molecule has 0 spiro atoms. The number of aldehydes is 1. The molecule has 0 aromatic carbocycles. The number of rotatable bonds is 2. The zero-order valence-corrected chi connectivity index (χ0v) is 9.42. The van der Waals surface area contributed by atoms with Crippen LogP contribution in [0.25, 0.3) is 0 Å². The van der Waals surface area contributed by atoms with Crippen LogP contribution in [0.2, 0.25) is 10.4 Å². The van der Waals surface area contributed by atoms with E-state index in [0.717, 1.165) is 30.5 Å². The predicted molar refractivity (Wildman–Crippen MR) is 57.1 cm³/mol. The molecule has 2 heterocycles. The molecular formula is C9H9Cl2N3O. The van der Waals surface area contributed by atoms with Gasteiger partial charge in [-0.05, 0) is 18.0 Å². The van der Waals surface area contributed by atoms with E-state index in [-0.39, 0.29) is 5.28 Å². The predicted octanol–water partition coefficient (Wildman–Crippen LogP) is 1.34. The van der Waals surface area contributed by atoms with Crippen molar-refractivity contribution in [3.05, 3.63) is 21.7 Å². The fourth-order valence-corrected chi connectivity index (χ4v) is 2.19. The third kappa shape index (κ3) is 2.27. The average molecular weight is 246 g/mol. The Morgan fingerprint density at radius 2 is 2.20 bits per heavy atom. The molecule has 1 aromatic rings. The molecule has 80 valence electrons. The monoisotopic (exact) mass is 245 g/mol. The molecule has 0 unspecified atom stereocenters. The Bertz CT molecular complexity index is 397. The number of aromatic nitrogens is 2. The van der Waals surface area contributed by atoms with Gasteiger partial charge in [0, 0.05) is 18.7 Å². The van der Waals surface area contributed by atoms with Crippen molar-refractivity contribution in [3.8, 4) is 0 Å². The molecule has 0 aliphatic carbocycles. The molecule has 1 aliphatic heterocycles. The number of hydrogen-bond donors (Lipinski definition) is 0. The van der Waals surface area contributed by atoms with Gasteiger partial charge >= 0.3 is 0 Å². The van der Waals surface area contributed by atoms with Crippen molar-refractivity contribution in [1.82, 2.24) is 14.9 Å². The van der Waals surface area contributed by atoms with Crippen molar-refractivity contribution >= 4 is 29.5 Å². The van der Waals surface area contributed by atoms with Crippen LogP contribution in [0, 0.1) is 0 Å². The summed E-state index contributed by atoms with van der Waals surface area (Å²) in [6.07, 6.45) is 1.65. The minimum Gasteiger partial charge on any atom is -0.302 e. The summed E-state index contributed by atoms with van der Waals surface area (Å²) in [6, 6.07) is 0. The summed E-state index contributed by atoms with van der Waals surface area (Å²) in [5, 5.41) is 0.586. The van der Waals surface area contributed by atoms with Crippen LogP contribution in [0.5, 0.6) is 0 Å². The first-order chi connectivity index (χ1) is 7.20. The highest BCUT2D eigenvalue weighted by Gasteiger charge is 2.20. The largest absolute Gasteiger partial charge is 0.302 e. The molecule has 4 nitrogen and oxygen atoms in total. The van der Waals surface area contributed by atoms with Crippen LogP contribution >= 0.6 is 23.2 Å². The van der Waals surface area contributed by atoms with Crippen LogP contribution in [0.3, 0.4) is 0 Å². The Labute approximate surface area is 97.2 Å². The summed E-state index contributed by atoms with van der Waals surface area (Å²) in [6.45, 7) is 1.82. The lowest BCUT2D eigenvalue weighted by atomic mass is 10.1. The van der Waals surface area contributed by atoms with Gasteiger partial charge in [0.1, 0.15) is 11.4 Å². The summed E-state index contributed by atoms with van der Waals surface area (Å²) >= 11 is 11.7. The van der Waals surface area contributed by atoms with Gasteiger partial charge in [-0.3, -0.25) is 4.90 Å². The number of nitrogens with zero attached hydrogens (tertiary/aromatic N) is 3. The molecule has 15 heavy (non-hydrogen) atoms. The molecular weight excluding hydrogens is 237 g/mol. The maximum absolute atomic E-state index is 10.4. The average Bonchev–Trinajstić information content (AvgIpc) is 2.17. The van der Waals surface area contributed by atoms with Gasteiger partial charge in [-0.1, -0.05) is 11.6 Å². The van der Waals surface area contributed by atoms with Crippen molar-refractivity contribution in [3.63, 3.8) is 0 Å². The lowest BCUT2D eigenvalue weighted by Gasteiger charge is -2.26. The van der Waals surface area contributed by atoms with Gasteiger partial charge in [0.05, 0.1) is 12.2 Å². The number of hydrogen-bond acceptors (Lipinski definition) is 4. The van der Waals surface area contributed by atoms with Crippen LogP contribution in [0.4, 0.5) is 0 Å². The molecule has 1 aliphatic rings. The summed E-state index contributed by atoms with van der Waals surface area (Å²) in [4.78, 5) is 20.4. The van der Waals surface area contributed by atoms with E-state index in [9.17, 15) is 4.79 Å². The minimum absolute atomic E-state index is 0.159. The van der Waals surface area contributed by atoms with E-state index in [0.29, 0.717) is 18.2 Å². The number of carbonyl (C=O) groups excluding carboxylic acids is 1. The first kappa shape index (κ1) is 10.8. The van der Waals surface area contributed by atoms with Crippen molar-refractivity contribution in [2.45, 2.75) is 13.0 Å². The third-order valence-corrected chi connectivity index (χ3v) is 2.88. The number of carbonyl (C=O) groups is 1. The van der Waals surface area contributed by atoms with Gasteiger partial charge < -0.3 is 4.79 Å². The summed E-state index contributed by atoms with van der Waals surface area (Å²) in [5.41, 5.74) is 1.77. The van der Waals surface area contributed by atoms with E-state index in [1.807, 2.05) is 4.90 Å². The van der Waals surface area contributed by atoms with E-state index < -0.39 is 0 Å². The first-order valence-corrected chi connectivity index (χ1v) is 5.33. The van der Waals surface area contributed by atoms with Crippen molar-refractivity contribution in [2.24, 2.45) is 0 Å². The normalized spacial score (nSPS) is 16.1. The molecule has 0 bridgehead atoms. The Hall–Kier alpha value is -0.710. The van der Waals surface area contributed by atoms with E-state index in [1.165, 1.54) is 0 Å². The van der Waals surface area contributed by atoms with E-state index in [4.69, 9.17) is 23.2 Å². The standard InChI is InChI=1S/C9H9Cl2N3O/c10-8-6-1-2-14(3-4-15)5-7(6)12-9(11)13-8/h4H,1-3,5H2. The first-order valence-electron chi connectivity index (χ1n) is 4.57. The van der Waals surface area contributed by atoms with E-state index in [2.05, 4.69) is 9.97 Å². The molecule has 0 amide bonds. The topological polar surface area (TPSA) is 46.1 Å². The Morgan fingerprint density at radius 1 is 1.40 bits per heavy atom. The van der Waals surface area contributed by atoms with E-state index in [1.54, 1.807) is 0 Å². The molecule has 0 saturated carbocycles. The van der Waals surface area contributed by atoms with E-state index >= 15 is 0 Å². The van der Waals surface area contributed by atoms with Crippen molar-refractivity contribution in [1.29, 1.82) is 0 Å². The highest BCUT2D eigenvalue weighted by molar-refractivity contribution is 6.32. The lowest BCUT2D eigenvalue weighted by Crippen LogP contribution is -2.33. The van der Waals surface area contributed by atoms with Gasteiger partial charge in [-0.15, -0.1) is 0 Å². The zero-order chi connectivity index (χ0) is 10.8. The minimum atomic E-state index is 0.159. The molecule has 0 saturated heterocycles. The second kappa shape index (κ2) is 4.43. The highest BCUT2D eigenvalue weighted by atomic mass is 35.5. The SMILES string of the molecule is O=CCN1CCc2c(Cl)nc(Cl)nc2C1. The van der Waals surface area contributed by atoms with Crippen LogP contribution in [0.1, 0.15) is 11.3 Å². The fourth-order valence-electron chi connectivity index (χ4n) is 1.67. The second-order valence-electron chi connectivity index (χ2n) is 3.36. The smallest absolute Gasteiger partial charge is 0.224 e. The Morgan fingerprint density at radius 3 is 2.93 bits per heavy atom. The van der Waals surface area contributed by atoms with Crippen molar-refractivity contribution in [2.75, 3.05) is 13.1 Å². The number of halogens is 2. The zero-order valence-electron chi connectivity index (χ0n) is 7.91. The van der Waals surface area contributed by atoms with Gasteiger partial charge in [0.2, 0.25) is 5.28 Å². The van der Waals surface area contributed by atoms with Gasteiger partial charge in [-0.2, -0.15) is 0 Å². The van der Waals surface area contributed by atoms with Gasteiger partial charge in [-0.25, -0.2) is 9.97 Å². The molecule has 1 aromatic heterocycles. The summed E-state index contributed by atoms with van der Waals surface area (Å²) < 4.78 is 0. The quantitative estimate of drug-likeness (QED) is 0.448. The molecule has 0 atom stereocenters. The van der Waals surface area contributed by atoms with Crippen LogP contribution < -0.4 is 0 Å². The maximum Gasteiger partial charge on any atom is 0.224 e. The maximum atomic E-state index is 10.4. The summed E-state index contributed by atoms with van der Waals surface area (Å²) in [7, 11) is 0. The number of fused-ring (bicyclic) bond motifs is 1. The molecule has 0 radical (unpaired) electrons.